The minimum absolute atomic E-state index is 0.00764. The number of aliphatic hydroxyl groups is 2. The number of nitrogens with one attached hydrogen (secondary N) is 1. The standard InChI is InChI=1S/C17H31N3O8/c18-14(21)3-5-25-7-9-27-11-12-28-10-8-26-6-4-19-15(22)13-20-16(23)1-2-17(20)24/h1-2,15-16,19,22-23H,3-13H2,(H2,18,21). The maximum absolute atomic E-state index is 11.4. The molecule has 0 saturated heterocycles. The molecule has 0 bridgehead atoms. The van der Waals surface area contributed by atoms with Crippen LogP contribution in [0.1, 0.15) is 6.42 Å². The van der Waals surface area contributed by atoms with Crippen LogP contribution in [0.3, 0.4) is 0 Å². The van der Waals surface area contributed by atoms with Gasteiger partial charge in [-0.15, -0.1) is 0 Å². The summed E-state index contributed by atoms with van der Waals surface area (Å²) in [5.74, 6) is -0.721. The average Bonchev–Trinajstić information content (AvgIpc) is 2.96. The van der Waals surface area contributed by atoms with Gasteiger partial charge in [-0.05, 0) is 6.08 Å². The van der Waals surface area contributed by atoms with Gasteiger partial charge >= 0.3 is 0 Å². The highest BCUT2D eigenvalue weighted by molar-refractivity contribution is 5.90. The van der Waals surface area contributed by atoms with Crippen molar-refractivity contribution in [3.63, 3.8) is 0 Å². The van der Waals surface area contributed by atoms with E-state index in [2.05, 4.69) is 5.32 Å². The van der Waals surface area contributed by atoms with Crippen LogP contribution in [0.25, 0.3) is 0 Å². The second kappa shape index (κ2) is 15.3. The lowest BCUT2D eigenvalue weighted by Crippen LogP contribution is -2.45. The largest absolute Gasteiger partial charge is 0.379 e. The summed E-state index contributed by atoms with van der Waals surface area (Å²) in [6.07, 6.45) is 0.900. The van der Waals surface area contributed by atoms with Gasteiger partial charge in [0.2, 0.25) is 11.8 Å². The van der Waals surface area contributed by atoms with E-state index >= 15 is 0 Å². The van der Waals surface area contributed by atoms with E-state index < -0.39 is 12.5 Å². The molecule has 0 aliphatic carbocycles. The predicted octanol–water partition coefficient (Wildman–Crippen LogP) is -2.45. The van der Waals surface area contributed by atoms with Gasteiger partial charge in [-0.2, -0.15) is 0 Å². The van der Waals surface area contributed by atoms with Gasteiger partial charge in [0.15, 0.2) is 0 Å². The molecule has 28 heavy (non-hydrogen) atoms. The van der Waals surface area contributed by atoms with Crippen molar-refractivity contribution in [1.29, 1.82) is 0 Å². The van der Waals surface area contributed by atoms with Gasteiger partial charge in [-0.3, -0.25) is 14.9 Å². The number of hydrogen-bond donors (Lipinski definition) is 4. The molecule has 0 radical (unpaired) electrons. The molecule has 1 aliphatic rings. The van der Waals surface area contributed by atoms with E-state index in [9.17, 15) is 19.8 Å². The Morgan fingerprint density at radius 3 is 2.11 bits per heavy atom. The molecule has 0 fully saturated rings. The van der Waals surface area contributed by atoms with Crippen molar-refractivity contribution in [3.8, 4) is 0 Å². The molecule has 0 spiro atoms. The fourth-order valence-corrected chi connectivity index (χ4v) is 2.18. The fourth-order valence-electron chi connectivity index (χ4n) is 2.18. The fraction of sp³-hybridized carbons (Fsp3) is 0.765. The number of aliphatic hydroxyl groups excluding tert-OH is 2. The Bertz CT molecular complexity index is 477. The summed E-state index contributed by atoms with van der Waals surface area (Å²) in [7, 11) is 0. The lowest BCUT2D eigenvalue weighted by Gasteiger charge is -2.24. The van der Waals surface area contributed by atoms with Gasteiger partial charge in [0.05, 0.1) is 59.4 Å². The number of β-amino-alcohol motifs (C(OH)–C–C–N with tert-alkyl or cyclic N) is 1. The Morgan fingerprint density at radius 1 is 1.07 bits per heavy atom. The molecule has 0 aromatic carbocycles. The molecule has 1 aliphatic heterocycles. The zero-order valence-electron chi connectivity index (χ0n) is 16.0. The van der Waals surface area contributed by atoms with Crippen molar-refractivity contribution in [3.05, 3.63) is 12.2 Å². The van der Waals surface area contributed by atoms with Crippen molar-refractivity contribution >= 4 is 11.8 Å². The minimum atomic E-state index is -0.990. The summed E-state index contributed by atoms with van der Waals surface area (Å²) in [5, 5.41) is 22.1. The topological polar surface area (TPSA) is 153 Å². The highest BCUT2D eigenvalue weighted by Crippen LogP contribution is 2.08. The first-order valence-electron chi connectivity index (χ1n) is 9.18. The van der Waals surface area contributed by atoms with E-state index in [1.165, 1.54) is 12.2 Å². The third kappa shape index (κ3) is 12.0. The zero-order valence-corrected chi connectivity index (χ0v) is 16.0. The van der Waals surface area contributed by atoms with Crippen molar-refractivity contribution in [2.75, 3.05) is 65.9 Å². The minimum Gasteiger partial charge on any atom is -0.379 e. The molecule has 11 heteroatoms. The number of nitrogens with zero attached hydrogens (tertiary/aromatic N) is 1. The van der Waals surface area contributed by atoms with Crippen LogP contribution in [0.2, 0.25) is 0 Å². The van der Waals surface area contributed by atoms with E-state index in [-0.39, 0.29) is 24.8 Å². The Balaban J connectivity index is 1.79. The highest BCUT2D eigenvalue weighted by Gasteiger charge is 2.25. The van der Waals surface area contributed by atoms with Crippen LogP contribution in [-0.2, 0) is 28.5 Å². The van der Waals surface area contributed by atoms with E-state index in [1.54, 1.807) is 0 Å². The molecule has 2 atom stereocenters. The molecule has 5 N–H and O–H groups in total. The summed E-state index contributed by atoms with van der Waals surface area (Å²) in [6.45, 7) is 3.56. The van der Waals surface area contributed by atoms with Crippen LogP contribution < -0.4 is 11.1 Å². The maximum atomic E-state index is 11.4. The Hall–Kier alpha value is -1.60. The van der Waals surface area contributed by atoms with Gasteiger partial charge in [-0.25, -0.2) is 0 Å². The molecule has 2 unspecified atom stereocenters. The summed E-state index contributed by atoms with van der Waals surface area (Å²) >= 11 is 0. The summed E-state index contributed by atoms with van der Waals surface area (Å²) in [5.41, 5.74) is 4.98. The Kier molecular flexibility index (Phi) is 13.4. The number of nitrogens with two attached hydrogens (primary N) is 1. The quantitative estimate of drug-likeness (QED) is 0.144. The molecule has 162 valence electrons. The molecule has 0 aromatic rings. The van der Waals surface area contributed by atoms with Gasteiger partial charge in [0, 0.05) is 19.0 Å². The first kappa shape index (κ1) is 24.4. The molecule has 1 heterocycles. The van der Waals surface area contributed by atoms with Crippen molar-refractivity contribution in [2.45, 2.75) is 18.9 Å². The summed E-state index contributed by atoms with van der Waals surface area (Å²) < 4.78 is 21.1. The van der Waals surface area contributed by atoms with Gasteiger partial charge in [0.1, 0.15) is 12.5 Å². The van der Waals surface area contributed by atoms with E-state index in [0.717, 1.165) is 4.90 Å². The first-order valence-corrected chi connectivity index (χ1v) is 9.18. The number of carbonyl (C=O) groups excluding carboxylic acids is 2. The van der Waals surface area contributed by atoms with Crippen LogP contribution in [0, 0.1) is 0 Å². The summed E-state index contributed by atoms with van der Waals surface area (Å²) in [6, 6.07) is 0. The van der Waals surface area contributed by atoms with Gasteiger partial charge in [-0.1, -0.05) is 0 Å². The number of rotatable bonds is 18. The molecular weight excluding hydrogens is 374 g/mol. The second-order valence-electron chi connectivity index (χ2n) is 5.90. The molecule has 2 amide bonds. The van der Waals surface area contributed by atoms with E-state index in [0.29, 0.717) is 59.4 Å². The van der Waals surface area contributed by atoms with Crippen molar-refractivity contribution < 1.29 is 38.7 Å². The molecular formula is C17H31N3O8. The van der Waals surface area contributed by atoms with Crippen LogP contribution >= 0.6 is 0 Å². The highest BCUT2D eigenvalue weighted by atomic mass is 16.6. The van der Waals surface area contributed by atoms with Crippen LogP contribution in [0.15, 0.2) is 12.2 Å². The van der Waals surface area contributed by atoms with E-state index in [4.69, 9.17) is 24.7 Å². The Labute approximate surface area is 164 Å². The molecule has 0 saturated carbocycles. The molecule has 11 nitrogen and oxygen atoms in total. The number of primary amides is 1. The van der Waals surface area contributed by atoms with Gasteiger partial charge < -0.3 is 39.8 Å². The monoisotopic (exact) mass is 405 g/mol. The number of amides is 2. The zero-order chi connectivity index (χ0) is 20.6. The van der Waals surface area contributed by atoms with Gasteiger partial charge in [0.25, 0.3) is 0 Å². The normalized spacial score (nSPS) is 17.4. The van der Waals surface area contributed by atoms with Crippen LogP contribution in [-0.4, -0.2) is 105 Å². The van der Waals surface area contributed by atoms with Crippen LogP contribution in [0.4, 0.5) is 0 Å². The molecule has 1 rings (SSSR count). The van der Waals surface area contributed by atoms with Crippen molar-refractivity contribution in [2.24, 2.45) is 5.73 Å². The second-order valence-corrected chi connectivity index (χ2v) is 5.90. The lowest BCUT2D eigenvalue weighted by molar-refractivity contribution is -0.133. The third-order valence-electron chi connectivity index (χ3n) is 3.62. The Morgan fingerprint density at radius 2 is 1.61 bits per heavy atom. The maximum Gasteiger partial charge on any atom is 0.248 e. The SMILES string of the molecule is NC(=O)CCOCCOCCOCCOCCNC(O)CN1C(=O)C=CC1O. The smallest absolute Gasteiger partial charge is 0.248 e. The lowest BCUT2D eigenvalue weighted by atomic mass is 10.4. The van der Waals surface area contributed by atoms with Crippen LogP contribution in [0.5, 0.6) is 0 Å². The number of hydrogen-bond acceptors (Lipinski definition) is 9. The molecule has 0 aromatic heterocycles. The third-order valence-corrected chi connectivity index (χ3v) is 3.62. The summed E-state index contributed by atoms with van der Waals surface area (Å²) in [4.78, 5) is 23.0. The average molecular weight is 405 g/mol. The van der Waals surface area contributed by atoms with E-state index in [1.807, 2.05) is 0 Å². The number of ether oxygens (including phenoxy) is 4. The predicted molar refractivity (Wildman–Crippen MR) is 98.0 cm³/mol. The van der Waals surface area contributed by atoms with Crippen molar-refractivity contribution in [1.82, 2.24) is 10.2 Å². The number of carbonyl (C=O) groups is 2. The first-order chi connectivity index (χ1) is 13.5.